The summed E-state index contributed by atoms with van der Waals surface area (Å²) in [5, 5.41) is 0.00797. The van der Waals surface area contributed by atoms with Crippen LogP contribution in [0, 0.1) is 0 Å². The Kier molecular flexibility index (Phi) is 4.44. The molecule has 2 heterocycles. The van der Waals surface area contributed by atoms with Crippen molar-refractivity contribution < 1.29 is 27.4 Å². The van der Waals surface area contributed by atoms with Crippen molar-refractivity contribution in [3.8, 4) is 17.4 Å². The third-order valence-corrected chi connectivity index (χ3v) is 3.96. The number of nitrogens with zero attached hydrogens (tertiary/aromatic N) is 2. The van der Waals surface area contributed by atoms with Crippen molar-refractivity contribution in [2.75, 3.05) is 20.2 Å². The van der Waals surface area contributed by atoms with Crippen molar-refractivity contribution in [2.24, 2.45) is 0 Å². The minimum absolute atomic E-state index is 0.00797. The van der Waals surface area contributed by atoms with Crippen LogP contribution in [0.2, 0.25) is 0 Å². The van der Waals surface area contributed by atoms with E-state index in [4.69, 9.17) is 14.2 Å². The summed E-state index contributed by atoms with van der Waals surface area (Å²) < 4.78 is 55.7. The molecule has 24 heavy (non-hydrogen) atoms. The summed E-state index contributed by atoms with van der Waals surface area (Å²) in [5.41, 5.74) is -0.485. The number of alkyl halides is 3. The van der Waals surface area contributed by atoms with Gasteiger partial charge in [0.1, 0.15) is 0 Å². The molecule has 3 rings (SSSR count). The van der Waals surface area contributed by atoms with E-state index in [1.807, 2.05) is 0 Å². The number of halogens is 3. The Hall–Kier alpha value is -2.16. The summed E-state index contributed by atoms with van der Waals surface area (Å²) in [4.78, 5) is 7.66. The molecule has 0 amide bonds. The van der Waals surface area contributed by atoms with E-state index in [-0.39, 0.29) is 29.8 Å². The van der Waals surface area contributed by atoms with Crippen LogP contribution in [-0.4, -0.2) is 30.1 Å². The molecule has 2 aromatic rings. The average Bonchev–Trinajstić information content (AvgIpc) is 3.01. The number of benzene rings is 1. The number of thioether (sulfide) groups is 1. The van der Waals surface area contributed by atoms with Gasteiger partial charge in [0.05, 0.1) is 7.11 Å². The minimum atomic E-state index is -4.60. The van der Waals surface area contributed by atoms with Crippen molar-refractivity contribution in [1.29, 1.82) is 0 Å². The van der Waals surface area contributed by atoms with E-state index < -0.39 is 11.9 Å². The molecule has 0 saturated carbocycles. The van der Waals surface area contributed by atoms with Crippen molar-refractivity contribution in [2.45, 2.75) is 17.8 Å². The fraction of sp³-hybridized carbons (Fsp3) is 0.333. The molecule has 1 aromatic carbocycles. The molecule has 9 heteroatoms. The van der Waals surface area contributed by atoms with Gasteiger partial charge in [0.25, 0.3) is 0 Å². The maximum Gasteiger partial charge on any atom is 0.433 e. The van der Waals surface area contributed by atoms with Crippen LogP contribution in [0.1, 0.15) is 16.8 Å². The molecule has 1 aromatic heterocycles. The van der Waals surface area contributed by atoms with Crippen molar-refractivity contribution >= 4 is 11.8 Å². The Labute approximate surface area is 140 Å². The number of fused-ring (bicyclic) bond motifs is 1. The van der Waals surface area contributed by atoms with Crippen molar-refractivity contribution in [1.82, 2.24) is 9.97 Å². The minimum Gasteiger partial charge on any atom is -0.481 e. The third kappa shape index (κ3) is 3.21. The quantitative estimate of drug-likeness (QED) is 0.615. The standard InChI is InChI=1S/C15H13F3N2O3S/c1-21-13-9(12(15(16,17)18)19-14(20-13)24-2)5-8-3-4-10-11(6-8)23-7-22-10/h3-4,6H,5,7H2,1-2H3. The van der Waals surface area contributed by atoms with Crippen LogP contribution in [0.4, 0.5) is 13.2 Å². The second kappa shape index (κ2) is 6.39. The van der Waals surface area contributed by atoms with Crippen LogP contribution >= 0.6 is 11.8 Å². The first-order valence-corrected chi connectivity index (χ1v) is 8.09. The molecule has 0 atom stereocenters. The highest BCUT2D eigenvalue weighted by Gasteiger charge is 2.38. The number of methoxy groups -OCH3 is 1. The first kappa shape index (κ1) is 16.7. The molecule has 1 aliphatic rings. The van der Waals surface area contributed by atoms with E-state index in [0.29, 0.717) is 17.1 Å². The Morgan fingerprint density at radius 2 is 1.96 bits per heavy atom. The van der Waals surface area contributed by atoms with E-state index in [9.17, 15) is 13.2 Å². The molecule has 128 valence electrons. The largest absolute Gasteiger partial charge is 0.481 e. The third-order valence-electron chi connectivity index (χ3n) is 3.41. The van der Waals surface area contributed by atoms with Gasteiger partial charge < -0.3 is 14.2 Å². The van der Waals surface area contributed by atoms with Gasteiger partial charge in [-0.2, -0.15) is 18.2 Å². The van der Waals surface area contributed by atoms with Gasteiger partial charge in [-0.3, -0.25) is 0 Å². The lowest BCUT2D eigenvalue weighted by Crippen LogP contribution is -2.15. The Morgan fingerprint density at radius 3 is 2.62 bits per heavy atom. The van der Waals surface area contributed by atoms with E-state index in [1.165, 1.54) is 7.11 Å². The second-order valence-corrected chi connectivity index (χ2v) is 5.68. The molecule has 0 N–H and O–H groups in total. The van der Waals surface area contributed by atoms with Gasteiger partial charge in [0.15, 0.2) is 22.3 Å². The lowest BCUT2D eigenvalue weighted by Gasteiger charge is -2.16. The smallest absolute Gasteiger partial charge is 0.433 e. The first-order chi connectivity index (χ1) is 11.4. The SMILES string of the molecule is COc1nc(SC)nc(C(F)(F)F)c1Cc1ccc2c(c1)OCO2. The number of hydrogen-bond acceptors (Lipinski definition) is 6. The second-order valence-electron chi connectivity index (χ2n) is 4.91. The van der Waals surface area contributed by atoms with Crippen molar-refractivity contribution in [3.63, 3.8) is 0 Å². The van der Waals surface area contributed by atoms with Gasteiger partial charge in [-0.15, -0.1) is 0 Å². The maximum absolute atomic E-state index is 13.4. The van der Waals surface area contributed by atoms with E-state index in [1.54, 1.807) is 24.5 Å². The zero-order valence-electron chi connectivity index (χ0n) is 12.8. The molecule has 0 saturated heterocycles. The van der Waals surface area contributed by atoms with Gasteiger partial charge in [0.2, 0.25) is 12.7 Å². The molecule has 0 spiro atoms. The molecule has 0 fully saturated rings. The van der Waals surface area contributed by atoms with Gasteiger partial charge in [-0.05, 0) is 24.0 Å². The molecular formula is C15H13F3N2O3S. The monoisotopic (exact) mass is 358 g/mol. The van der Waals surface area contributed by atoms with Gasteiger partial charge in [0, 0.05) is 12.0 Å². The molecule has 5 nitrogen and oxygen atoms in total. The van der Waals surface area contributed by atoms with Gasteiger partial charge in [-0.25, -0.2) is 4.98 Å². The molecule has 0 bridgehead atoms. The van der Waals surface area contributed by atoms with Crippen LogP contribution in [0.3, 0.4) is 0 Å². The van der Waals surface area contributed by atoms with Crippen LogP contribution in [0.15, 0.2) is 23.4 Å². The number of hydrogen-bond donors (Lipinski definition) is 0. The lowest BCUT2D eigenvalue weighted by atomic mass is 10.0. The van der Waals surface area contributed by atoms with Gasteiger partial charge in [-0.1, -0.05) is 17.8 Å². The van der Waals surface area contributed by atoms with E-state index >= 15 is 0 Å². The predicted octanol–water partition coefficient (Wildman–Crippen LogP) is 3.55. The molecule has 1 aliphatic heterocycles. The zero-order valence-corrected chi connectivity index (χ0v) is 13.6. The summed E-state index contributed by atoms with van der Waals surface area (Å²) in [6.07, 6.45) is -3.04. The highest BCUT2D eigenvalue weighted by molar-refractivity contribution is 7.98. The normalized spacial score (nSPS) is 13.2. The lowest BCUT2D eigenvalue weighted by molar-refractivity contribution is -0.142. The summed E-state index contributed by atoms with van der Waals surface area (Å²) in [6, 6.07) is 4.98. The molecular weight excluding hydrogens is 345 g/mol. The zero-order chi connectivity index (χ0) is 17.3. The Bertz CT molecular complexity index is 768. The maximum atomic E-state index is 13.4. The Balaban J connectivity index is 2.05. The van der Waals surface area contributed by atoms with E-state index in [2.05, 4.69) is 9.97 Å². The topological polar surface area (TPSA) is 53.5 Å². The van der Waals surface area contributed by atoms with Crippen LogP contribution < -0.4 is 14.2 Å². The highest BCUT2D eigenvalue weighted by atomic mass is 32.2. The van der Waals surface area contributed by atoms with Crippen molar-refractivity contribution in [3.05, 3.63) is 35.0 Å². The number of aromatic nitrogens is 2. The summed E-state index contributed by atoms with van der Waals surface area (Å²) in [5.74, 6) is 0.983. The van der Waals surface area contributed by atoms with Crippen LogP contribution in [0.5, 0.6) is 17.4 Å². The van der Waals surface area contributed by atoms with Crippen LogP contribution in [0.25, 0.3) is 0 Å². The fourth-order valence-electron chi connectivity index (χ4n) is 2.35. The number of ether oxygens (including phenoxy) is 3. The first-order valence-electron chi connectivity index (χ1n) is 6.87. The predicted molar refractivity (Wildman–Crippen MR) is 80.7 cm³/mol. The van der Waals surface area contributed by atoms with Crippen LogP contribution in [-0.2, 0) is 12.6 Å². The number of rotatable bonds is 4. The molecule has 0 radical (unpaired) electrons. The summed E-state index contributed by atoms with van der Waals surface area (Å²) in [6.45, 7) is 0.0987. The Morgan fingerprint density at radius 1 is 1.21 bits per heavy atom. The average molecular weight is 358 g/mol. The molecule has 0 aliphatic carbocycles. The fourth-order valence-corrected chi connectivity index (χ4v) is 2.71. The molecule has 0 unspecified atom stereocenters. The summed E-state index contributed by atoms with van der Waals surface area (Å²) in [7, 11) is 1.29. The van der Waals surface area contributed by atoms with Gasteiger partial charge >= 0.3 is 6.18 Å². The highest BCUT2D eigenvalue weighted by Crippen LogP contribution is 2.38. The summed E-state index contributed by atoms with van der Waals surface area (Å²) >= 11 is 1.02. The van der Waals surface area contributed by atoms with E-state index in [0.717, 1.165) is 11.8 Å².